The Bertz CT molecular complexity index is 1180. The van der Waals surface area contributed by atoms with E-state index in [2.05, 4.69) is 35.8 Å². The number of aromatic nitrogens is 2. The second-order valence-corrected chi connectivity index (χ2v) is 9.76. The van der Waals surface area contributed by atoms with Crippen molar-refractivity contribution in [2.45, 2.75) is 44.9 Å². The standard InChI is InChI=1S/C29H41N3O5/c1-20(2)29(28(33)37-7,21-11-14-25(35-5)26(18-21)36-6)15-9-17-32(3)16-8-10-27-30-23-13-12-22(34-4)19-24(23)31-27/h11-14,18-20H,8-10,15-17H2,1-7H3,(H,30,31). The highest BCUT2D eigenvalue weighted by Gasteiger charge is 2.44. The van der Waals surface area contributed by atoms with Crippen molar-refractivity contribution < 1.29 is 23.7 Å². The van der Waals surface area contributed by atoms with Gasteiger partial charge in [0.2, 0.25) is 0 Å². The molecule has 0 aliphatic heterocycles. The average Bonchev–Trinajstić information content (AvgIpc) is 3.32. The van der Waals surface area contributed by atoms with Crippen LogP contribution in [0.1, 0.15) is 44.5 Å². The fourth-order valence-corrected chi connectivity index (χ4v) is 5.06. The lowest BCUT2D eigenvalue weighted by Gasteiger charge is -2.36. The summed E-state index contributed by atoms with van der Waals surface area (Å²) in [5, 5.41) is 0. The molecular weight excluding hydrogens is 470 g/mol. The van der Waals surface area contributed by atoms with Gasteiger partial charge in [0.15, 0.2) is 11.5 Å². The predicted octanol–water partition coefficient (Wildman–Crippen LogP) is 5.00. The highest BCUT2D eigenvalue weighted by Crippen LogP contribution is 2.41. The van der Waals surface area contributed by atoms with E-state index in [1.165, 1.54) is 7.11 Å². The van der Waals surface area contributed by atoms with Gasteiger partial charge in [-0.05, 0) is 75.1 Å². The van der Waals surface area contributed by atoms with E-state index in [1.807, 2.05) is 36.4 Å². The van der Waals surface area contributed by atoms with Gasteiger partial charge < -0.3 is 28.8 Å². The second-order valence-electron chi connectivity index (χ2n) is 9.76. The molecule has 0 fully saturated rings. The number of hydrogen-bond donors (Lipinski definition) is 1. The number of H-pyrrole nitrogens is 1. The molecule has 0 aliphatic carbocycles. The monoisotopic (exact) mass is 511 g/mol. The Kier molecular flexibility index (Phi) is 9.80. The second kappa shape index (κ2) is 12.8. The van der Waals surface area contributed by atoms with Gasteiger partial charge in [0.1, 0.15) is 11.6 Å². The molecule has 8 nitrogen and oxygen atoms in total. The van der Waals surface area contributed by atoms with Crippen LogP contribution < -0.4 is 14.2 Å². The number of methoxy groups -OCH3 is 4. The molecule has 0 aliphatic rings. The predicted molar refractivity (Wildman–Crippen MR) is 146 cm³/mol. The van der Waals surface area contributed by atoms with Crippen LogP contribution in [0.3, 0.4) is 0 Å². The van der Waals surface area contributed by atoms with Crippen molar-refractivity contribution in [2.24, 2.45) is 5.92 Å². The van der Waals surface area contributed by atoms with Crippen LogP contribution in [0.2, 0.25) is 0 Å². The highest BCUT2D eigenvalue weighted by atomic mass is 16.5. The Balaban J connectivity index is 1.62. The molecule has 37 heavy (non-hydrogen) atoms. The van der Waals surface area contributed by atoms with Gasteiger partial charge in [-0.1, -0.05) is 19.9 Å². The maximum absolute atomic E-state index is 13.2. The van der Waals surface area contributed by atoms with Crippen LogP contribution in [0, 0.1) is 5.92 Å². The van der Waals surface area contributed by atoms with Crippen molar-refractivity contribution in [3.05, 3.63) is 47.8 Å². The third-order valence-electron chi connectivity index (χ3n) is 7.24. The number of benzene rings is 2. The number of carbonyl (C=O) groups excluding carboxylic acids is 1. The smallest absolute Gasteiger partial charge is 0.316 e. The van der Waals surface area contributed by atoms with E-state index in [0.29, 0.717) is 17.9 Å². The Morgan fingerprint density at radius 3 is 2.35 bits per heavy atom. The number of rotatable bonds is 14. The summed E-state index contributed by atoms with van der Waals surface area (Å²) < 4.78 is 21.5. The zero-order valence-corrected chi connectivity index (χ0v) is 23.2. The minimum atomic E-state index is -0.773. The van der Waals surface area contributed by atoms with Gasteiger partial charge in [-0.25, -0.2) is 4.98 Å². The van der Waals surface area contributed by atoms with Crippen LogP contribution in [-0.2, 0) is 21.4 Å². The van der Waals surface area contributed by atoms with Crippen molar-refractivity contribution in [1.29, 1.82) is 0 Å². The molecule has 3 aromatic rings. The number of hydrogen-bond acceptors (Lipinski definition) is 7. The van der Waals surface area contributed by atoms with Gasteiger partial charge in [0.05, 0.1) is 44.9 Å². The summed E-state index contributed by atoms with van der Waals surface area (Å²) in [6.45, 7) is 5.94. The van der Waals surface area contributed by atoms with Gasteiger partial charge in [-0.2, -0.15) is 0 Å². The molecule has 1 atom stereocenters. The molecule has 8 heteroatoms. The first kappa shape index (κ1) is 28.3. The quantitative estimate of drug-likeness (QED) is 0.305. The Labute approximate surface area is 220 Å². The topological polar surface area (TPSA) is 85.9 Å². The molecule has 1 N–H and O–H groups in total. The van der Waals surface area contributed by atoms with Crippen LogP contribution in [0.15, 0.2) is 36.4 Å². The Morgan fingerprint density at radius 2 is 1.70 bits per heavy atom. The summed E-state index contributed by atoms with van der Waals surface area (Å²) in [6, 6.07) is 11.6. The normalized spacial score (nSPS) is 13.1. The van der Waals surface area contributed by atoms with Gasteiger partial charge >= 0.3 is 5.97 Å². The Hall–Kier alpha value is -3.26. The third-order valence-corrected chi connectivity index (χ3v) is 7.24. The van der Waals surface area contributed by atoms with Crippen molar-refractivity contribution in [3.8, 4) is 17.2 Å². The van der Waals surface area contributed by atoms with Gasteiger partial charge in [0, 0.05) is 12.5 Å². The van der Waals surface area contributed by atoms with Crippen LogP contribution >= 0.6 is 0 Å². The molecule has 0 radical (unpaired) electrons. The molecule has 202 valence electrons. The lowest BCUT2D eigenvalue weighted by molar-refractivity contribution is -0.150. The number of nitrogens with one attached hydrogen (secondary N) is 1. The Morgan fingerprint density at radius 1 is 0.973 bits per heavy atom. The molecule has 0 saturated carbocycles. The minimum absolute atomic E-state index is 0.0371. The number of aromatic amines is 1. The lowest BCUT2D eigenvalue weighted by atomic mass is 9.68. The first-order valence-corrected chi connectivity index (χ1v) is 12.8. The maximum Gasteiger partial charge on any atom is 0.316 e. The maximum atomic E-state index is 13.2. The molecule has 2 aromatic carbocycles. The number of fused-ring (bicyclic) bond motifs is 1. The first-order chi connectivity index (χ1) is 17.8. The molecule has 1 aromatic heterocycles. The van der Waals surface area contributed by atoms with Crippen molar-refractivity contribution in [2.75, 3.05) is 48.6 Å². The van der Waals surface area contributed by atoms with E-state index in [0.717, 1.165) is 60.5 Å². The summed E-state index contributed by atoms with van der Waals surface area (Å²) in [4.78, 5) is 23.6. The van der Waals surface area contributed by atoms with E-state index in [9.17, 15) is 4.79 Å². The van der Waals surface area contributed by atoms with Gasteiger partial charge in [-0.3, -0.25) is 4.79 Å². The molecular formula is C29H41N3O5. The van der Waals surface area contributed by atoms with E-state index < -0.39 is 5.41 Å². The number of imidazole rings is 1. The average molecular weight is 512 g/mol. The summed E-state index contributed by atoms with van der Waals surface area (Å²) in [5.41, 5.74) is 2.05. The van der Waals surface area contributed by atoms with E-state index in [-0.39, 0.29) is 11.9 Å². The SMILES string of the molecule is COC(=O)C(CCCN(C)CCCc1nc2ccc(OC)cc2[nH]1)(c1ccc(OC)c(OC)c1)C(C)C. The molecule has 1 unspecified atom stereocenters. The van der Waals surface area contributed by atoms with Crippen LogP contribution in [0.4, 0.5) is 0 Å². The number of carbonyl (C=O) groups is 1. The number of aryl methyl sites for hydroxylation is 1. The fourth-order valence-electron chi connectivity index (χ4n) is 5.06. The van der Waals surface area contributed by atoms with Crippen molar-refractivity contribution in [1.82, 2.24) is 14.9 Å². The van der Waals surface area contributed by atoms with Gasteiger partial charge in [-0.15, -0.1) is 0 Å². The number of nitrogens with zero attached hydrogens (tertiary/aromatic N) is 2. The molecule has 1 heterocycles. The van der Waals surface area contributed by atoms with Crippen molar-refractivity contribution in [3.63, 3.8) is 0 Å². The summed E-state index contributed by atoms with van der Waals surface area (Å²) >= 11 is 0. The van der Waals surface area contributed by atoms with Crippen LogP contribution in [-0.4, -0.2) is 69.4 Å². The van der Waals surface area contributed by atoms with Gasteiger partial charge in [0.25, 0.3) is 0 Å². The number of ether oxygens (including phenoxy) is 4. The third kappa shape index (κ3) is 6.36. The number of esters is 1. The first-order valence-electron chi connectivity index (χ1n) is 12.8. The van der Waals surface area contributed by atoms with E-state index in [1.54, 1.807) is 21.3 Å². The zero-order chi connectivity index (χ0) is 27.0. The zero-order valence-electron chi connectivity index (χ0n) is 23.2. The fraction of sp³-hybridized carbons (Fsp3) is 0.517. The lowest BCUT2D eigenvalue weighted by Crippen LogP contribution is -2.42. The highest BCUT2D eigenvalue weighted by molar-refractivity contribution is 5.84. The molecule has 0 amide bonds. The van der Waals surface area contributed by atoms with Crippen LogP contribution in [0.25, 0.3) is 11.0 Å². The molecule has 3 rings (SSSR count). The minimum Gasteiger partial charge on any atom is -0.497 e. The largest absolute Gasteiger partial charge is 0.497 e. The summed E-state index contributed by atoms with van der Waals surface area (Å²) in [7, 11) is 8.46. The molecule has 0 spiro atoms. The summed E-state index contributed by atoms with van der Waals surface area (Å²) in [5.74, 6) is 2.86. The molecule has 0 saturated heterocycles. The molecule has 0 bridgehead atoms. The summed E-state index contributed by atoms with van der Waals surface area (Å²) in [6.07, 6.45) is 3.37. The van der Waals surface area contributed by atoms with E-state index in [4.69, 9.17) is 18.9 Å². The van der Waals surface area contributed by atoms with E-state index >= 15 is 0 Å². The van der Waals surface area contributed by atoms with Crippen molar-refractivity contribution >= 4 is 17.0 Å². The van der Waals surface area contributed by atoms with Crippen LogP contribution in [0.5, 0.6) is 17.2 Å².